The third-order valence-corrected chi connectivity index (χ3v) is 7.49. The lowest BCUT2D eigenvalue weighted by Crippen LogP contribution is -2.36. The van der Waals surface area contributed by atoms with Crippen LogP contribution in [0.3, 0.4) is 0 Å². The molecule has 0 spiro atoms. The van der Waals surface area contributed by atoms with Gasteiger partial charge in [0.05, 0.1) is 8.95 Å². The zero-order valence-electron chi connectivity index (χ0n) is 24.8. The van der Waals surface area contributed by atoms with Crippen molar-refractivity contribution in [3.05, 3.63) is 37.1 Å². The molecular weight excluding hydrogens is 755 g/mol. The fourth-order valence-electron chi connectivity index (χ4n) is 3.62. The van der Waals surface area contributed by atoms with Crippen molar-refractivity contribution in [1.29, 1.82) is 0 Å². The lowest BCUT2D eigenvalue weighted by Gasteiger charge is -2.24. The van der Waals surface area contributed by atoms with E-state index in [4.69, 9.17) is 50.0 Å². The van der Waals surface area contributed by atoms with Crippen LogP contribution in [0.4, 0.5) is 15.4 Å². The fraction of sp³-hybridized carbons (Fsp3) is 0.615. The van der Waals surface area contributed by atoms with Crippen LogP contribution in [0.5, 0.6) is 0 Å². The molecule has 3 N–H and O–H groups in total. The first-order valence-electron chi connectivity index (χ1n) is 13.3. The number of hydrogen-bond donors (Lipinski definition) is 2. The van der Waals surface area contributed by atoms with Gasteiger partial charge >= 0.3 is 12.2 Å². The number of rotatable bonds is 2. The highest BCUT2D eigenvalue weighted by molar-refractivity contribution is 9.11. The van der Waals surface area contributed by atoms with E-state index in [1.54, 1.807) is 16.0 Å². The molecule has 2 aliphatic heterocycles. The fourth-order valence-corrected chi connectivity index (χ4v) is 4.55. The Kier molecular flexibility index (Phi) is 14.4. The Labute approximate surface area is 284 Å². The SMILES string of the molecule is CC(C)(C)OC(=O)N1CC[C@H](N)C1.CC(C)(C)OC(=O)N1CC[C@H](Nc2nc(Cl)ncc2Br)C1.Clc1ncc(Br)c(Cl)n1. The Balaban J connectivity index is 0.000000249. The van der Waals surface area contributed by atoms with Gasteiger partial charge in [0.25, 0.3) is 0 Å². The van der Waals surface area contributed by atoms with Gasteiger partial charge in [-0.25, -0.2) is 24.5 Å². The number of aromatic nitrogens is 4. The molecule has 0 aliphatic carbocycles. The molecule has 2 aliphatic rings. The molecule has 2 atom stereocenters. The summed E-state index contributed by atoms with van der Waals surface area (Å²) in [6.07, 6.45) is 4.26. The topological polar surface area (TPSA) is 149 Å². The molecule has 0 saturated carbocycles. The van der Waals surface area contributed by atoms with Crippen LogP contribution < -0.4 is 11.1 Å². The number of likely N-dealkylation sites (tertiary alicyclic amines) is 2. The van der Waals surface area contributed by atoms with E-state index in [1.807, 2.05) is 41.5 Å². The highest BCUT2D eigenvalue weighted by Gasteiger charge is 2.30. The molecule has 12 nitrogen and oxygen atoms in total. The van der Waals surface area contributed by atoms with Crippen LogP contribution in [0.1, 0.15) is 54.4 Å². The molecule has 2 fully saturated rings. The first-order chi connectivity index (χ1) is 19.8. The Bertz CT molecular complexity index is 1250. The Morgan fingerprint density at radius 2 is 1.35 bits per heavy atom. The normalized spacial score (nSPS) is 18.2. The van der Waals surface area contributed by atoms with E-state index in [1.165, 1.54) is 6.20 Å². The minimum absolute atomic E-state index is 0.111. The first kappa shape index (κ1) is 37.5. The van der Waals surface area contributed by atoms with Gasteiger partial charge in [-0.1, -0.05) is 11.6 Å². The lowest BCUT2D eigenvalue weighted by molar-refractivity contribution is 0.0282. The van der Waals surface area contributed by atoms with Gasteiger partial charge in [-0.15, -0.1) is 0 Å². The molecule has 4 rings (SSSR count). The summed E-state index contributed by atoms with van der Waals surface area (Å²) < 4.78 is 12.0. The number of hydrogen-bond acceptors (Lipinski definition) is 10. The van der Waals surface area contributed by atoms with Gasteiger partial charge in [-0.3, -0.25) is 0 Å². The number of halogens is 5. The van der Waals surface area contributed by atoms with Gasteiger partial charge < -0.3 is 30.3 Å². The van der Waals surface area contributed by atoms with Crippen molar-refractivity contribution in [2.75, 3.05) is 31.5 Å². The van der Waals surface area contributed by atoms with Crippen LogP contribution in [-0.2, 0) is 9.47 Å². The van der Waals surface area contributed by atoms with E-state index >= 15 is 0 Å². The van der Waals surface area contributed by atoms with Gasteiger partial charge in [0.1, 0.15) is 22.2 Å². The summed E-state index contributed by atoms with van der Waals surface area (Å²) in [7, 11) is 0. The Morgan fingerprint density at radius 1 is 0.860 bits per heavy atom. The van der Waals surface area contributed by atoms with Crippen molar-refractivity contribution in [3.63, 3.8) is 0 Å². The van der Waals surface area contributed by atoms with Crippen LogP contribution >= 0.6 is 66.7 Å². The summed E-state index contributed by atoms with van der Waals surface area (Å²) in [6.45, 7) is 13.7. The van der Waals surface area contributed by atoms with Crippen molar-refractivity contribution in [2.24, 2.45) is 5.73 Å². The monoisotopic (exact) mass is 788 g/mol. The zero-order valence-corrected chi connectivity index (χ0v) is 30.3. The lowest BCUT2D eigenvalue weighted by atomic mass is 10.2. The molecule has 240 valence electrons. The second-order valence-electron chi connectivity index (χ2n) is 11.6. The van der Waals surface area contributed by atoms with Gasteiger partial charge in [0.2, 0.25) is 10.6 Å². The maximum atomic E-state index is 12.0. The van der Waals surface area contributed by atoms with Crippen LogP contribution in [0.2, 0.25) is 15.7 Å². The molecule has 2 saturated heterocycles. The van der Waals surface area contributed by atoms with Crippen LogP contribution in [0, 0.1) is 0 Å². The Hall–Kier alpha value is -1.71. The predicted molar refractivity (Wildman–Crippen MR) is 175 cm³/mol. The van der Waals surface area contributed by atoms with E-state index < -0.39 is 11.2 Å². The van der Waals surface area contributed by atoms with Crippen LogP contribution in [0.15, 0.2) is 21.3 Å². The molecular formula is C26H37Br2Cl3N8O4. The quantitative estimate of drug-likeness (QED) is 0.246. The zero-order chi connectivity index (χ0) is 32.5. The number of amides is 2. The van der Waals surface area contributed by atoms with E-state index in [2.05, 4.69) is 57.1 Å². The first-order valence-corrected chi connectivity index (χ1v) is 16.0. The van der Waals surface area contributed by atoms with Crippen molar-refractivity contribution in [1.82, 2.24) is 29.7 Å². The maximum absolute atomic E-state index is 12.0. The number of carbonyl (C=O) groups excluding carboxylic acids is 2. The average molecular weight is 792 g/mol. The summed E-state index contributed by atoms with van der Waals surface area (Å²) >= 11 is 23.2. The third-order valence-electron chi connectivity index (χ3n) is 5.44. The standard InChI is InChI=1S/C13H18BrClN4O2.C9H18N2O2.C4HBrCl2N2/c1-13(2,3)21-12(20)19-5-4-8(7-19)17-10-9(14)6-16-11(15)18-10;1-9(2,3)13-8(12)11-5-4-7(10)6-11;5-2-1-8-4(7)9-3(2)6/h6,8H,4-5,7H2,1-3H3,(H,16,17,18);7H,4-6,10H2,1-3H3;1H/t8-;7-;/m00./s1. The summed E-state index contributed by atoms with van der Waals surface area (Å²) in [4.78, 5) is 42.1. The largest absolute Gasteiger partial charge is 0.444 e. The van der Waals surface area contributed by atoms with Crippen LogP contribution in [0.25, 0.3) is 0 Å². The second-order valence-corrected chi connectivity index (χ2v) is 14.4. The van der Waals surface area contributed by atoms with E-state index in [-0.39, 0.29) is 34.8 Å². The van der Waals surface area contributed by atoms with Gasteiger partial charge in [-0.2, -0.15) is 4.98 Å². The minimum atomic E-state index is -0.480. The molecule has 43 heavy (non-hydrogen) atoms. The van der Waals surface area contributed by atoms with E-state index in [0.717, 1.165) is 23.9 Å². The van der Waals surface area contributed by atoms with Crippen molar-refractivity contribution in [3.8, 4) is 0 Å². The van der Waals surface area contributed by atoms with Gasteiger partial charge in [0.15, 0.2) is 0 Å². The Morgan fingerprint density at radius 3 is 1.81 bits per heavy atom. The molecule has 0 radical (unpaired) electrons. The van der Waals surface area contributed by atoms with Crippen molar-refractivity contribution < 1.29 is 19.1 Å². The number of carbonyl (C=O) groups is 2. The smallest absolute Gasteiger partial charge is 0.410 e. The molecule has 2 aromatic rings. The van der Waals surface area contributed by atoms with Crippen molar-refractivity contribution in [2.45, 2.75) is 77.7 Å². The van der Waals surface area contributed by atoms with E-state index in [0.29, 0.717) is 35.1 Å². The molecule has 2 amide bonds. The number of anilines is 1. The van der Waals surface area contributed by atoms with Gasteiger partial charge in [-0.05, 0) is 109 Å². The molecule has 4 heterocycles. The van der Waals surface area contributed by atoms with Gasteiger partial charge in [0, 0.05) is 50.7 Å². The summed E-state index contributed by atoms with van der Waals surface area (Å²) in [5, 5.41) is 3.93. The van der Waals surface area contributed by atoms with Crippen LogP contribution in [-0.4, -0.2) is 91.4 Å². The van der Waals surface area contributed by atoms with E-state index in [9.17, 15) is 9.59 Å². The number of nitrogens with one attached hydrogen (secondary N) is 1. The second kappa shape index (κ2) is 16.6. The maximum Gasteiger partial charge on any atom is 0.410 e. The number of nitrogens with zero attached hydrogens (tertiary/aromatic N) is 6. The molecule has 0 aromatic carbocycles. The highest BCUT2D eigenvalue weighted by Crippen LogP contribution is 2.24. The summed E-state index contributed by atoms with van der Waals surface area (Å²) in [5.41, 5.74) is 4.78. The number of nitrogens with two attached hydrogens (primary N) is 1. The highest BCUT2D eigenvalue weighted by atomic mass is 79.9. The summed E-state index contributed by atoms with van der Waals surface area (Å²) in [6, 6.07) is 0.229. The number of ether oxygens (including phenoxy) is 2. The molecule has 17 heteroatoms. The predicted octanol–water partition coefficient (Wildman–Crippen LogP) is 6.81. The molecule has 0 bridgehead atoms. The van der Waals surface area contributed by atoms with Crippen molar-refractivity contribution >= 4 is 84.7 Å². The molecule has 0 unspecified atom stereocenters. The minimum Gasteiger partial charge on any atom is -0.444 e. The summed E-state index contributed by atoms with van der Waals surface area (Å²) in [5.74, 6) is 0.631. The average Bonchev–Trinajstić information content (AvgIpc) is 3.52. The molecule has 2 aromatic heterocycles. The third kappa shape index (κ3) is 14.3.